The fraction of sp³-hybridized carbons (Fsp3) is 0.286. The first-order chi connectivity index (χ1) is 14.8. The number of non-ortho nitro benzene ring substituents is 1. The zero-order valence-corrected chi connectivity index (χ0v) is 16.7. The number of benzene rings is 2. The van der Waals surface area contributed by atoms with Gasteiger partial charge in [-0.1, -0.05) is 6.07 Å². The molecular formula is C21H20N2O8. The molecule has 1 N–H and O–H groups in total. The summed E-state index contributed by atoms with van der Waals surface area (Å²) in [6.45, 7) is 1.95. The standard InChI is InChI=1S/C21H20N2O8/c1-13-2-4-15(23(27)28)11-16(13)22-20(25)12-31-21(26)7-5-17(24)14-3-6-18-19(10-14)30-9-8-29-18/h2-4,6,10-11H,5,7-9,12H2,1H3,(H,22,25). The van der Waals surface area contributed by atoms with E-state index in [0.717, 1.165) is 0 Å². The second kappa shape index (κ2) is 9.70. The summed E-state index contributed by atoms with van der Waals surface area (Å²) in [5, 5.41) is 13.3. The SMILES string of the molecule is Cc1ccc([N+](=O)[O-])cc1NC(=O)COC(=O)CCC(=O)c1ccc2c(c1)OCCO2. The Morgan fingerprint density at radius 1 is 1.06 bits per heavy atom. The number of fused-ring (bicyclic) bond motifs is 1. The highest BCUT2D eigenvalue weighted by Crippen LogP contribution is 2.31. The predicted octanol–water partition coefficient (Wildman–Crippen LogP) is 2.82. The topological polar surface area (TPSA) is 134 Å². The summed E-state index contributed by atoms with van der Waals surface area (Å²) in [4.78, 5) is 46.5. The maximum absolute atomic E-state index is 12.3. The number of rotatable bonds is 8. The minimum atomic E-state index is -0.711. The Labute approximate surface area is 177 Å². The van der Waals surface area contributed by atoms with E-state index in [4.69, 9.17) is 14.2 Å². The smallest absolute Gasteiger partial charge is 0.306 e. The van der Waals surface area contributed by atoms with Crippen LogP contribution < -0.4 is 14.8 Å². The third-order valence-corrected chi connectivity index (χ3v) is 4.49. The van der Waals surface area contributed by atoms with Crippen molar-refractivity contribution in [1.29, 1.82) is 0 Å². The number of anilines is 1. The Morgan fingerprint density at radius 2 is 1.81 bits per heavy atom. The van der Waals surface area contributed by atoms with Gasteiger partial charge in [-0.2, -0.15) is 0 Å². The second-order valence-electron chi connectivity index (χ2n) is 6.75. The van der Waals surface area contributed by atoms with E-state index < -0.39 is 23.4 Å². The van der Waals surface area contributed by atoms with Crippen LogP contribution in [0.1, 0.15) is 28.8 Å². The van der Waals surface area contributed by atoms with Gasteiger partial charge in [0.15, 0.2) is 23.9 Å². The lowest BCUT2D eigenvalue weighted by atomic mass is 10.1. The largest absolute Gasteiger partial charge is 0.486 e. The molecule has 0 unspecified atom stereocenters. The van der Waals surface area contributed by atoms with Crippen molar-refractivity contribution in [3.05, 3.63) is 57.6 Å². The maximum atomic E-state index is 12.3. The van der Waals surface area contributed by atoms with Gasteiger partial charge in [-0.05, 0) is 30.7 Å². The molecule has 0 spiro atoms. The number of hydrogen-bond donors (Lipinski definition) is 1. The van der Waals surface area contributed by atoms with Gasteiger partial charge in [-0.25, -0.2) is 0 Å². The number of Topliss-reactive ketones (excluding diaryl/α,β-unsaturated/α-hetero) is 1. The number of carbonyl (C=O) groups is 3. The van der Waals surface area contributed by atoms with E-state index in [1.165, 1.54) is 18.2 Å². The van der Waals surface area contributed by atoms with Gasteiger partial charge < -0.3 is 19.5 Å². The molecule has 10 heteroatoms. The van der Waals surface area contributed by atoms with E-state index >= 15 is 0 Å². The van der Waals surface area contributed by atoms with Crippen molar-refractivity contribution in [3.8, 4) is 11.5 Å². The van der Waals surface area contributed by atoms with Crippen molar-refractivity contribution >= 4 is 29.0 Å². The molecule has 10 nitrogen and oxygen atoms in total. The summed E-state index contributed by atoms with van der Waals surface area (Å²) < 4.78 is 15.7. The molecular weight excluding hydrogens is 408 g/mol. The van der Waals surface area contributed by atoms with Crippen LogP contribution in [0.5, 0.6) is 11.5 Å². The quantitative estimate of drug-likeness (QED) is 0.294. The van der Waals surface area contributed by atoms with Gasteiger partial charge in [0.1, 0.15) is 13.2 Å². The van der Waals surface area contributed by atoms with E-state index in [9.17, 15) is 24.5 Å². The van der Waals surface area contributed by atoms with Crippen LogP contribution in [0.3, 0.4) is 0 Å². The fourth-order valence-corrected chi connectivity index (χ4v) is 2.84. The molecule has 1 aliphatic rings. The Morgan fingerprint density at radius 3 is 2.55 bits per heavy atom. The minimum absolute atomic E-state index is 0.0932. The fourth-order valence-electron chi connectivity index (χ4n) is 2.84. The molecule has 0 fully saturated rings. The zero-order chi connectivity index (χ0) is 22.4. The van der Waals surface area contributed by atoms with E-state index in [1.54, 1.807) is 25.1 Å². The highest BCUT2D eigenvalue weighted by Gasteiger charge is 2.17. The monoisotopic (exact) mass is 428 g/mol. The van der Waals surface area contributed by atoms with Crippen LogP contribution in [0.25, 0.3) is 0 Å². The molecule has 1 heterocycles. The van der Waals surface area contributed by atoms with Gasteiger partial charge in [0.25, 0.3) is 11.6 Å². The maximum Gasteiger partial charge on any atom is 0.306 e. The van der Waals surface area contributed by atoms with Crippen LogP contribution in [0.2, 0.25) is 0 Å². The van der Waals surface area contributed by atoms with Gasteiger partial charge >= 0.3 is 5.97 Å². The lowest BCUT2D eigenvalue weighted by molar-refractivity contribution is -0.384. The molecule has 162 valence electrons. The minimum Gasteiger partial charge on any atom is -0.486 e. The first kappa shape index (κ1) is 21.8. The highest BCUT2D eigenvalue weighted by atomic mass is 16.6. The summed E-state index contributed by atoms with van der Waals surface area (Å²) in [6, 6.07) is 8.85. The Balaban J connectivity index is 1.46. The molecule has 1 amide bonds. The second-order valence-corrected chi connectivity index (χ2v) is 6.75. The molecule has 3 rings (SSSR count). The van der Waals surface area contributed by atoms with Crippen molar-refractivity contribution in [2.24, 2.45) is 0 Å². The van der Waals surface area contributed by atoms with Gasteiger partial charge in [-0.15, -0.1) is 0 Å². The van der Waals surface area contributed by atoms with E-state index in [1.807, 2.05) is 0 Å². The normalized spacial score (nSPS) is 12.0. The number of nitro benzene ring substituents is 1. The number of nitro groups is 1. The van der Waals surface area contributed by atoms with E-state index in [0.29, 0.717) is 35.8 Å². The van der Waals surface area contributed by atoms with E-state index in [2.05, 4.69) is 5.32 Å². The molecule has 0 radical (unpaired) electrons. The predicted molar refractivity (Wildman–Crippen MR) is 108 cm³/mol. The Kier molecular flexibility index (Phi) is 6.81. The Bertz CT molecular complexity index is 1030. The van der Waals surface area contributed by atoms with E-state index in [-0.39, 0.29) is 30.0 Å². The van der Waals surface area contributed by atoms with Crippen molar-refractivity contribution in [1.82, 2.24) is 0 Å². The van der Waals surface area contributed by atoms with Crippen molar-refractivity contribution in [2.45, 2.75) is 19.8 Å². The van der Waals surface area contributed by atoms with Gasteiger partial charge in [-0.3, -0.25) is 24.5 Å². The third-order valence-electron chi connectivity index (χ3n) is 4.49. The number of ketones is 1. The average molecular weight is 428 g/mol. The van der Waals surface area contributed by atoms with Crippen LogP contribution in [-0.2, 0) is 14.3 Å². The average Bonchev–Trinajstić information content (AvgIpc) is 2.77. The molecule has 0 aliphatic carbocycles. The van der Waals surface area contributed by atoms with Gasteiger partial charge in [0, 0.05) is 24.1 Å². The van der Waals surface area contributed by atoms with Crippen LogP contribution in [0, 0.1) is 17.0 Å². The first-order valence-corrected chi connectivity index (χ1v) is 9.47. The number of nitrogens with one attached hydrogen (secondary N) is 1. The van der Waals surface area contributed by atoms with Crippen LogP contribution in [0.4, 0.5) is 11.4 Å². The molecule has 0 atom stereocenters. The number of carbonyl (C=O) groups excluding carboxylic acids is 3. The zero-order valence-electron chi connectivity index (χ0n) is 16.7. The lowest BCUT2D eigenvalue weighted by Crippen LogP contribution is -2.21. The summed E-state index contributed by atoms with van der Waals surface area (Å²) in [6.07, 6.45) is -0.291. The molecule has 0 aromatic heterocycles. The van der Waals surface area contributed by atoms with Crippen LogP contribution in [-0.4, -0.2) is 42.4 Å². The molecule has 0 bridgehead atoms. The molecule has 2 aromatic rings. The van der Waals surface area contributed by atoms with Crippen molar-refractivity contribution < 1.29 is 33.5 Å². The van der Waals surface area contributed by atoms with Gasteiger partial charge in [0.2, 0.25) is 0 Å². The summed E-state index contributed by atoms with van der Waals surface area (Å²) in [7, 11) is 0. The molecule has 0 saturated heterocycles. The molecule has 0 saturated carbocycles. The summed E-state index contributed by atoms with van der Waals surface area (Å²) >= 11 is 0. The summed E-state index contributed by atoms with van der Waals surface area (Å²) in [5.74, 6) is -0.586. The third kappa shape index (κ3) is 5.78. The van der Waals surface area contributed by atoms with Gasteiger partial charge in [0.05, 0.1) is 17.0 Å². The number of amides is 1. The number of aryl methyl sites for hydroxylation is 1. The van der Waals surface area contributed by atoms with Crippen molar-refractivity contribution in [2.75, 3.05) is 25.1 Å². The van der Waals surface area contributed by atoms with Crippen molar-refractivity contribution in [3.63, 3.8) is 0 Å². The van der Waals surface area contributed by atoms with Crippen LogP contribution >= 0.6 is 0 Å². The summed E-state index contributed by atoms with van der Waals surface area (Å²) in [5.41, 5.74) is 1.09. The lowest BCUT2D eigenvalue weighted by Gasteiger charge is -2.18. The number of ether oxygens (including phenoxy) is 3. The van der Waals surface area contributed by atoms with Crippen LogP contribution in [0.15, 0.2) is 36.4 Å². The highest BCUT2D eigenvalue weighted by molar-refractivity contribution is 5.98. The number of hydrogen-bond acceptors (Lipinski definition) is 8. The first-order valence-electron chi connectivity index (χ1n) is 9.47. The molecule has 31 heavy (non-hydrogen) atoms. The number of nitrogens with zero attached hydrogens (tertiary/aromatic N) is 1. The molecule has 1 aliphatic heterocycles. The number of esters is 1. The Hall–Kier alpha value is -3.95. The molecule has 2 aromatic carbocycles.